The third-order valence-electron chi connectivity index (χ3n) is 3.10. The number of carbonyl (C=O) groups is 1. The van der Waals surface area contributed by atoms with Crippen LogP contribution in [0.25, 0.3) is 21.3 Å². The Morgan fingerprint density at radius 3 is 3.10 bits per heavy atom. The van der Waals surface area contributed by atoms with Gasteiger partial charge in [0, 0.05) is 28.7 Å². The molecule has 2 aromatic heterocycles. The summed E-state index contributed by atoms with van der Waals surface area (Å²) < 4.78 is 4.95. The number of nitrogens with zero attached hydrogens (tertiary/aromatic N) is 2. The van der Waals surface area contributed by atoms with Crippen LogP contribution in [0.3, 0.4) is 0 Å². The van der Waals surface area contributed by atoms with E-state index in [1.54, 1.807) is 13.1 Å². The fraction of sp³-hybridized carbons (Fsp3) is 0.188. The van der Waals surface area contributed by atoms with Crippen molar-refractivity contribution in [3.8, 4) is 10.6 Å². The molecule has 21 heavy (non-hydrogen) atoms. The third-order valence-corrected chi connectivity index (χ3v) is 4.02. The Labute approximate surface area is 126 Å². The SMILES string of the molecule is CCOC(=O)Cc1csc(-c2cccc3ccncc23)n1. The molecule has 0 saturated heterocycles. The van der Waals surface area contributed by atoms with Crippen molar-refractivity contribution in [3.05, 3.63) is 47.7 Å². The van der Waals surface area contributed by atoms with Crippen molar-refractivity contribution in [2.75, 3.05) is 6.61 Å². The first kappa shape index (κ1) is 13.7. The molecule has 0 saturated carbocycles. The number of aromatic nitrogens is 2. The minimum absolute atomic E-state index is 0.216. The molecule has 0 atom stereocenters. The summed E-state index contributed by atoms with van der Waals surface area (Å²) in [5.41, 5.74) is 1.79. The first-order valence-electron chi connectivity index (χ1n) is 6.71. The molecule has 0 spiro atoms. The molecule has 2 heterocycles. The third kappa shape index (κ3) is 2.92. The predicted octanol–water partition coefficient (Wildman–Crippen LogP) is 3.46. The summed E-state index contributed by atoms with van der Waals surface area (Å²) in [5, 5.41) is 5.00. The van der Waals surface area contributed by atoms with E-state index in [9.17, 15) is 4.79 Å². The van der Waals surface area contributed by atoms with E-state index in [4.69, 9.17) is 4.74 Å². The second-order valence-corrected chi connectivity index (χ2v) is 5.39. The van der Waals surface area contributed by atoms with Crippen LogP contribution in [0.1, 0.15) is 12.6 Å². The maximum absolute atomic E-state index is 11.5. The lowest BCUT2D eigenvalue weighted by Gasteiger charge is -2.02. The largest absolute Gasteiger partial charge is 0.466 e. The van der Waals surface area contributed by atoms with Crippen LogP contribution in [-0.2, 0) is 16.0 Å². The van der Waals surface area contributed by atoms with Gasteiger partial charge in [0.2, 0.25) is 0 Å². The van der Waals surface area contributed by atoms with Crippen LogP contribution in [-0.4, -0.2) is 22.5 Å². The topological polar surface area (TPSA) is 52.1 Å². The van der Waals surface area contributed by atoms with Crippen LogP contribution >= 0.6 is 11.3 Å². The molecule has 4 nitrogen and oxygen atoms in total. The number of pyridine rings is 1. The first-order chi connectivity index (χ1) is 10.3. The van der Waals surface area contributed by atoms with Gasteiger partial charge < -0.3 is 4.74 Å². The smallest absolute Gasteiger partial charge is 0.311 e. The van der Waals surface area contributed by atoms with Crippen LogP contribution in [0, 0.1) is 0 Å². The maximum Gasteiger partial charge on any atom is 0.311 e. The van der Waals surface area contributed by atoms with Crippen LogP contribution in [0.4, 0.5) is 0 Å². The monoisotopic (exact) mass is 298 g/mol. The van der Waals surface area contributed by atoms with Gasteiger partial charge in [0.25, 0.3) is 0 Å². The van der Waals surface area contributed by atoms with Crippen molar-refractivity contribution in [3.63, 3.8) is 0 Å². The highest BCUT2D eigenvalue weighted by atomic mass is 32.1. The van der Waals surface area contributed by atoms with Gasteiger partial charge in [-0.15, -0.1) is 11.3 Å². The average Bonchev–Trinajstić information content (AvgIpc) is 2.95. The van der Waals surface area contributed by atoms with E-state index >= 15 is 0 Å². The fourth-order valence-electron chi connectivity index (χ4n) is 2.17. The molecule has 0 amide bonds. The number of esters is 1. The van der Waals surface area contributed by atoms with Gasteiger partial charge in [-0.05, 0) is 18.4 Å². The summed E-state index contributed by atoms with van der Waals surface area (Å²) >= 11 is 1.53. The number of fused-ring (bicyclic) bond motifs is 1. The molecule has 0 radical (unpaired) electrons. The van der Waals surface area contributed by atoms with Gasteiger partial charge in [0.05, 0.1) is 18.7 Å². The molecule has 0 bridgehead atoms. The normalized spacial score (nSPS) is 10.7. The molecule has 0 aliphatic carbocycles. The molecule has 0 aliphatic heterocycles. The minimum atomic E-state index is -0.242. The average molecular weight is 298 g/mol. The summed E-state index contributed by atoms with van der Waals surface area (Å²) in [6, 6.07) is 8.06. The van der Waals surface area contributed by atoms with Crippen LogP contribution in [0.15, 0.2) is 42.0 Å². The Morgan fingerprint density at radius 1 is 1.33 bits per heavy atom. The maximum atomic E-state index is 11.5. The van der Waals surface area contributed by atoms with Crippen molar-refractivity contribution in [2.24, 2.45) is 0 Å². The molecule has 3 aromatic rings. The lowest BCUT2D eigenvalue weighted by atomic mass is 10.1. The lowest BCUT2D eigenvalue weighted by molar-refractivity contribution is -0.142. The Bertz CT molecular complexity index is 777. The van der Waals surface area contributed by atoms with Gasteiger partial charge in [-0.2, -0.15) is 0 Å². The molecule has 5 heteroatoms. The second-order valence-electron chi connectivity index (χ2n) is 4.53. The predicted molar refractivity (Wildman–Crippen MR) is 83.2 cm³/mol. The Hall–Kier alpha value is -2.27. The summed E-state index contributed by atoms with van der Waals surface area (Å²) in [7, 11) is 0. The standard InChI is InChI=1S/C16H14N2O2S/c1-2-20-15(19)8-12-10-21-16(18-12)13-5-3-4-11-6-7-17-9-14(11)13/h3-7,9-10H,2,8H2,1H3. The Kier molecular flexibility index (Phi) is 3.92. The number of hydrogen-bond donors (Lipinski definition) is 0. The molecule has 0 unspecified atom stereocenters. The number of hydrogen-bond acceptors (Lipinski definition) is 5. The number of carbonyl (C=O) groups excluding carboxylic acids is 1. The molecule has 1 aromatic carbocycles. The second kappa shape index (κ2) is 6.01. The minimum Gasteiger partial charge on any atom is -0.466 e. The van der Waals surface area contributed by atoms with Crippen molar-refractivity contribution in [1.29, 1.82) is 0 Å². The van der Waals surface area contributed by atoms with Crippen LogP contribution in [0.2, 0.25) is 0 Å². The lowest BCUT2D eigenvalue weighted by Crippen LogP contribution is -2.07. The molecule has 0 N–H and O–H groups in total. The van der Waals surface area contributed by atoms with Crippen molar-refractivity contribution < 1.29 is 9.53 Å². The first-order valence-corrected chi connectivity index (χ1v) is 7.59. The van der Waals surface area contributed by atoms with Gasteiger partial charge in [0.1, 0.15) is 5.01 Å². The summed E-state index contributed by atoms with van der Waals surface area (Å²) in [6.45, 7) is 2.19. The quantitative estimate of drug-likeness (QED) is 0.692. The highest BCUT2D eigenvalue weighted by Crippen LogP contribution is 2.30. The van der Waals surface area contributed by atoms with E-state index in [1.165, 1.54) is 11.3 Å². The van der Waals surface area contributed by atoms with Gasteiger partial charge in [-0.1, -0.05) is 18.2 Å². The summed E-state index contributed by atoms with van der Waals surface area (Å²) in [5.74, 6) is -0.242. The van der Waals surface area contributed by atoms with E-state index in [1.807, 2.05) is 35.8 Å². The molecule has 0 aliphatic rings. The summed E-state index contributed by atoms with van der Waals surface area (Å²) in [6.07, 6.45) is 3.84. The fourth-order valence-corrected chi connectivity index (χ4v) is 3.03. The van der Waals surface area contributed by atoms with Crippen molar-refractivity contribution >= 4 is 28.1 Å². The number of benzene rings is 1. The zero-order chi connectivity index (χ0) is 14.7. The zero-order valence-electron chi connectivity index (χ0n) is 11.6. The number of rotatable bonds is 4. The Morgan fingerprint density at radius 2 is 2.24 bits per heavy atom. The zero-order valence-corrected chi connectivity index (χ0v) is 12.4. The van der Waals surface area contributed by atoms with Gasteiger partial charge >= 0.3 is 5.97 Å². The summed E-state index contributed by atoms with van der Waals surface area (Å²) in [4.78, 5) is 20.2. The van der Waals surface area contributed by atoms with Gasteiger partial charge in [-0.25, -0.2) is 4.98 Å². The molecular weight excluding hydrogens is 284 g/mol. The van der Waals surface area contributed by atoms with Gasteiger partial charge in [-0.3, -0.25) is 9.78 Å². The van der Waals surface area contributed by atoms with Crippen LogP contribution < -0.4 is 0 Å². The highest BCUT2D eigenvalue weighted by molar-refractivity contribution is 7.13. The van der Waals surface area contributed by atoms with E-state index < -0.39 is 0 Å². The number of thiazole rings is 1. The van der Waals surface area contributed by atoms with Gasteiger partial charge in [0.15, 0.2) is 0 Å². The Balaban J connectivity index is 1.93. The molecule has 106 valence electrons. The van der Waals surface area contributed by atoms with E-state index in [0.29, 0.717) is 6.61 Å². The van der Waals surface area contributed by atoms with Crippen molar-refractivity contribution in [2.45, 2.75) is 13.3 Å². The number of ether oxygens (including phenoxy) is 1. The van der Waals surface area contributed by atoms with Crippen LogP contribution in [0.5, 0.6) is 0 Å². The van der Waals surface area contributed by atoms with Crippen molar-refractivity contribution in [1.82, 2.24) is 9.97 Å². The van der Waals surface area contributed by atoms with E-state index in [0.717, 1.165) is 27.0 Å². The van der Waals surface area contributed by atoms with E-state index in [2.05, 4.69) is 9.97 Å². The van der Waals surface area contributed by atoms with E-state index in [-0.39, 0.29) is 12.4 Å². The highest BCUT2D eigenvalue weighted by Gasteiger charge is 2.11. The molecule has 0 fully saturated rings. The molecule has 3 rings (SSSR count). The molecular formula is C16H14N2O2S.